The van der Waals surface area contributed by atoms with Gasteiger partial charge in [-0.25, -0.2) is 4.79 Å². The quantitative estimate of drug-likeness (QED) is 0.684. The second-order valence-corrected chi connectivity index (χ2v) is 4.66. The topological polar surface area (TPSA) is 108 Å². The van der Waals surface area contributed by atoms with Crippen molar-refractivity contribution < 1.29 is 23.9 Å². The van der Waals surface area contributed by atoms with Crippen LogP contribution in [0, 0.1) is 0 Å². The van der Waals surface area contributed by atoms with Crippen LogP contribution in [0.1, 0.15) is 12.0 Å². The number of hydrogen-bond donors (Lipinski definition) is 2. The third-order valence-electron chi connectivity index (χ3n) is 3.04. The van der Waals surface area contributed by atoms with Gasteiger partial charge in [-0.15, -0.1) is 12.4 Å². The van der Waals surface area contributed by atoms with Crippen LogP contribution in [0.2, 0.25) is 0 Å². The molecule has 1 aromatic rings. The van der Waals surface area contributed by atoms with Crippen LogP contribution in [-0.2, 0) is 30.3 Å². The average Bonchev–Trinajstić information content (AvgIpc) is 2.54. The minimum atomic E-state index is -1.09. The van der Waals surface area contributed by atoms with Gasteiger partial charge in [0.15, 0.2) is 0 Å². The van der Waals surface area contributed by atoms with Gasteiger partial charge in [-0.3, -0.25) is 9.59 Å². The van der Waals surface area contributed by atoms with Gasteiger partial charge in [-0.2, -0.15) is 0 Å². The van der Waals surface area contributed by atoms with Crippen molar-refractivity contribution in [2.45, 2.75) is 24.9 Å². The van der Waals surface area contributed by atoms with Gasteiger partial charge < -0.3 is 20.5 Å². The van der Waals surface area contributed by atoms with Crippen LogP contribution >= 0.6 is 12.4 Å². The summed E-state index contributed by atoms with van der Waals surface area (Å²) in [6.45, 7) is 0. The maximum Gasteiger partial charge on any atom is 0.328 e. The lowest BCUT2D eigenvalue weighted by atomic mass is 10.1. The first-order valence-corrected chi connectivity index (χ1v) is 6.72. The van der Waals surface area contributed by atoms with Crippen molar-refractivity contribution in [3.05, 3.63) is 35.9 Å². The number of benzene rings is 1. The molecule has 128 valence electrons. The predicted molar refractivity (Wildman–Crippen MR) is 85.9 cm³/mol. The van der Waals surface area contributed by atoms with Gasteiger partial charge in [-0.05, 0) is 5.56 Å². The molecule has 1 aromatic carbocycles. The summed E-state index contributed by atoms with van der Waals surface area (Å²) in [4.78, 5) is 34.9. The number of halogens is 1. The van der Waals surface area contributed by atoms with Gasteiger partial charge in [0, 0.05) is 6.42 Å². The average molecular weight is 345 g/mol. The van der Waals surface area contributed by atoms with E-state index in [0.717, 1.165) is 5.56 Å². The molecule has 0 aliphatic rings. The normalized spacial score (nSPS) is 12.3. The molecule has 7 nitrogen and oxygen atoms in total. The van der Waals surface area contributed by atoms with E-state index >= 15 is 0 Å². The SMILES string of the molecule is COC(=O)C[C@H](N)C(=O)N[C@@H](Cc1ccccc1)C(=O)OC.Cl. The van der Waals surface area contributed by atoms with Crippen LogP contribution < -0.4 is 11.1 Å². The van der Waals surface area contributed by atoms with E-state index in [4.69, 9.17) is 5.73 Å². The molecule has 0 bridgehead atoms. The van der Waals surface area contributed by atoms with Crippen molar-refractivity contribution in [2.75, 3.05) is 14.2 Å². The molecular weight excluding hydrogens is 324 g/mol. The Kier molecular flexibility index (Phi) is 9.60. The summed E-state index contributed by atoms with van der Waals surface area (Å²) in [7, 11) is 2.44. The molecule has 0 aliphatic carbocycles. The van der Waals surface area contributed by atoms with E-state index in [2.05, 4.69) is 14.8 Å². The first-order valence-electron chi connectivity index (χ1n) is 6.72. The summed E-state index contributed by atoms with van der Waals surface area (Å²) in [6.07, 6.45) is 0.00571. The van der Waals surface area contributed by atoms with Crippen molar-refractivity contribution in [3.63, 3.8) is 0 Å². The maximum absolute atomic E-state index is 12.0. The molecule has 2 atom stereocenters. The highest BCUT2D eigenvalue weighted by atomic mass is 35.5. The second kappa shape index (κ2) is 10.6. The Hall–Kier alpha value is -2.12. The summed E-state index contributed by atoms with van der Waals surface area (Å²) in [5.41, 5.74) is 6.47. The van der Waals surface area contributed by atoms with Crippen LogP contribution in [0.4, 0.5) is 0 Å². The standard InChI is InChI=1S/C15H20N2O5.ClH/c1-21-13(18)9-11(16)14(19)17-12(15(20)22-2)8-10-6-4-3-5-7-10;/h3-7,11-12H,8-9,16H2,1-2H3,(H,17,19);1H/t11-,12-;/m0./s1. The Morgan fingerprint density at radius 1 is 1.13 bits per heavy atom. The number of methoxy groups -OCH3 is 2. The van der Waals surface area contributed by atoms with Crippen LogP contribution in [0.25, 0.3) is 0 Å². The lowest BCUT2D eigenvalue weighted by Crippen LogP contribution is -2.50. The van der Waals surface area contributed by atoms with Gasteiger partial charge in [0.25, 0.3) is 0 Å². The van der Waals surface area contributed by atoms with Gasteiger partial charge in [0.1, 0.15) is 6.04 Å². The molecule has 1 rings (SSSR count). The molecule has 8 heteroatoms. The van der Waals surface area contributed by atoms with E-state index in [1.807, 2.05) is 30.3 Å². The molecule has 0 spiro atoms. The first kappa shape index (κ1) is 20.9. The predicted octanol–water partition coefficient (Wildman–Crippen LogP) is 0.199. The van der Waals surface area contributed by atoms with Crippen molar-refractivity contribution in [1.29, 1.82) is 0 Å². The minimum Gasteiger partial charge on any atom is -0.469 e. The molecule has 0 saturated carbocycles. The zero-order chi connectivity index (χ0) is 16.5. The summed E-state index contributed by atoms with van der Waals surface area (Å²) in [6, 6.07) is 7.20. The zero-order valence-electron chi connectivity index (χ0n) is 13.0. The van der Waals surface area contributed by atoms with Crippen molar-refractivity contribution >= 4 is 30.3 Å². The molecule has 0 aromatic heterocycles. The van der Waals surface area contributed by atoms with E-state index in [0.29, 0.717) is 0 Å². The van der Waals surface area contributed by atoms with Gasteiger partial charge in [0.2, 0.25) is 5.91 Å². The van der Waals surface area contributed by atoms with Crippen molar-refractivity contribution in [1.82, 2.24) is 5.32 Å². The zero-order valence-corrected chi connectivity index (χ0v) is 13.8. The Morgan fingerprint density at radius 3 is 2.26 bits per heavy atom. The fraction of sp³-hybridized carbons (Fsp3) is 0.400. The number of ether oxygens (including phenoxy) is 2. The number of carbonyl (C=O) groups excluding carboxylic acids is 3. The summed E-state index contributed by atoms with van der Waals surface area (Å²) in [5, 5.41) is 2.50. The van der Waals surface area contributed by atoms with E-state index in [9.17, 15) is 14.4 Å². The fourth-order valence-electron chi connectivity index (χ4n) is 1.82. The molecule has 1 amide bonds. The highest BCUT2D eigenvalue weighted by Crippen LogP contribution is 2.05. The molecular formula is C15H21ClN2O5. The van der Waals surface area contributed by atoms with Crippen molar-refractivity contribution in [3.8, 4) is 0 Å². The number of hydrogen-bond acceptors (Lipinski definition) is 6. The highest BCUT2D eigenvalue weighted by Gasteiger charge is 2.26. The van der Waals surface area contributed by atoms with Gasteiger partial charge in [-0.1, -0.05) is 30.3 Å². The molecule has 0 saturated heterocycles. The fourth-order valence-corrected chi connectivity index (χ4v) is 1.82. The third kappa shape index (κ3) is 7.12. The van der Waals surface area contributed by atoms with E-state index < -0.39 is 29.9 Å². The van der Waals surface area contributed by atoms with E-state index in [1.54, 1.807) is 0 Å². The maximum atomic E-state index is 12.0. The Bertz CT molecular complexity index is 524. The van der Waals surface area contributed by atoms with E-state index in [1.165, 1.54) is 14.2 Å². The summed E-state index contributed by atoms with van der Waals surface area (Å²) >= 11 is 0. The largest absolute Gasteiger partial charge is 0.469 e. The van der Waals surface area contributed by atoms with E-state index in [-0.39, 0.29) is 25.2 Å². The number of esters is 2. The number of rotatable bonds is 7. The third-order valence-corrected chi connectivity index (χ3v) is 3.04. The number of carbonyl (C=O) groups is 3. The van der Waals surface area contributed by atoms with Gasteiger partial charge >= 0.3 is 11.9 Å². The van der Waals surface area contributed by atoms with Crippen molar-refractivity contribution in [2.24, 2.45) is 5.73 Å². The number of amides is 1. The smallest absolute Gasteiger partial charge is 0.328 e. The summed E-state index contributed by atoms with van der Waals surface area (Å²) in [5.74, 6) is -1.79. The lowest BCUT2D eigenvalue weighted by Gasteiger charge is -2.19. The van der Waals surface area contributed by atoms with Crippen LogP contribution in [0.5, 0.6) is 0 Å². The first-order chi connectivity index (χ1) is 10.5. The van der Waals surface area contributed by atoms with Crippen LogP contribution in [-0.4, -0.2) is 44.1 Å². The molecule has 0 radical (unpaired) electrons. The second-order valence-electron chi connectivity index (χ2n) is 4.66. The van der Waals surface area contributed by atoms with Gasteiger partial charge in [0.05, 0.1) is 26.7 Å². The molecule has 0 fully saturated rings. The molecule has 0 unspecified atom stereocenters. The van der Waals surface area contributed by atoms with Crippen LogP contribution in [0.3, 0.4) is 0 Å². The molecule has 23 heavy (non-hydrogen) atoms. The Labute approximate surface area is 140 Å². The minimum absolute atomic E-state index is 0. The molecule has 3 N–H and O–H groups in total. The Morgan fingerprint density at radius 2 is 1.74 bits per heavy atom. The van der Waals surface area contributed by atoms with Crippen LogP contribution in [0.15, 0.2) is 30.3 Å². The molecule has 0 heterocycles. The summed E-state index contributed by atoms with van der Waals surface area (Å²) < 4.78 is 9.13. The monoisotopic (exact) mass is 344 g/mol. The number of nitrogens with two attached hydrogens (primary N) is 1. The molecule has 0 aliphatic heterocycles. The highest BCUT2D eigenvalue weighted by molar-refractivity contribution is 5.90. The lowest BCUT2D eigenvalue weighted by molar-refractivity contribution is -0.145. The number of nitrogens with one attached hydrogen (secondary N) is 1. The Balaban J connectivity index is 0.00000484.